The second-order valence-electron chi connectivity index (χ2n) is 4.01. The van der Waals surface area contributed by atoms with Crippen LogP contribution in [0.3, 0.4) is 0 Å². The molecule has 0 aliphatic carbocycles. The Morgan fingerprint density at radius 3 is 2.88 bits per heavy atom. The van der Waals surface area contributed by atoms with Gasteiger partial charge in [0.05, 0.1) is 32.0 Å². The molecule has 0 amide bonds. The molecule has 0 bridgehead atoms. The average Bonchev–Trinajstić information content (AvgIpc) is 2.71. The third kappa shape index (κ3) is 2.17. The normalized spacial score (nSPS) is 28.5. The summed E-state index contributed by atoms with van der Waals surface area (Å²) in [5.41, 5.74) is 4.93. The summed E-state index contributed by atoms with van der Waals surface area (Å²) in [4.78, 5) is 15.3. The predicted octanol–water partition coefficient (Wildman–Crippen LogP) is -1.63. The average molecular weight is 241 g/mol. The highest BCUT2D eigenvalue weighted by atomic mass is 16.5. The van der Waals surface area contributed by atoms with Crippen molar-refractivity contribution >= 4 is 5.82 Å². The van der Waals surface area contributed by atoms with E-state index in [1.165, 1.54) is 16.8 Å². The first kappa shape index (κ1) is 12.0. The standard InChI is InChI=1S/C10H15N3O4/c11-9-1-2-13(10(16)12-9)7-5-17-8(4-15)6(7)3-14/h1-2,6-8,14-15H,3-5H2,(H2,11,12,16)/t6-,7?,8+/m0/s1. The van der Waals surface area contributed by atoms with E-state index in [-0.39, 0.29) is 37.6 Å². The van der Waals surface area contributed by atoms with Crippen molar-refractivity contribution in [2.45, 2.75) is 12.1 Å². The van der Waals surface area contributed by atoms with Gasteiger partial charge in [-0.3, -0.25) is 4.57 Å². The van der Waals surface area contributed by atoms with Crippen molar-refractivity contribution in [2.75, 3.05) is 25.6 Å². The van der Waals surface area contributed by atoms with Crippen LogP contribution in [0.5, 0.6) is 0 Å². The van der Waals surface area contributed by atoms with Crippen molar-refractivity contribution in [2.24, 2.45) is 5.92 Å². The third-order valence-corrected chi connectivity index (χ3v) is 3.05. The summed E-state index contributed by atoms with van der Waals surface area (Å²) >= 11 is 0. The van der Waals surface area contributed by atoms with Gasteiger partial charge in [0.15, 0.2) is 0 Å². The lowest BCUT2D eigenvalue weighted by Crippen LogP contribution is -2.34. The molecule has 94 valence electrons. The summed E-state index contributed by atoms with van der Waals surface area (Å²) < 4.78 is 6.71. The number of hydrogen-bond acceptors (Lipinski definition) is 6. The molecule has 0 aromatic carbocycles. The molecule has 0 radical (unpaired) electrons. The summed E-state index contributed by atoms with van der Waals surface area (Å²) in [6, 6.07) is 1.19. The van der Waals surface area contributed by atoms with E-state index >= 15 is 0 Å². The fraction of sp³-hybridized carbons (Fsp3) is 0.600. The number of ether oxygens (including phenoxy) is 1. The Labute approximate surface area is 97.5 Å². The summed E-state index contributed by atoms with van der Waals surface area (Å²) in [5.74, 6) is -0.160. The Bertz CT molecular complexity index is 447. The predicted molar refractivity (Wildman–Crippen MR) is 59.3 cm³/mol. The van der Waals surface area contributed by atoms with E-state index in [1.807, 2.05) is 0 Å². The zero-order valence-corrected chi connectivity index (χ0v) is 9.19. The molecule has 1 aromatic heterocycles. The molecule has 7 heteroatoms. The van der Waals surface area contributed by atoms with Gasteiger partial charge in [-0.2, -0.15) is 4.98 Å². The summed E-state index contributed by atoms with van der Waals surface area (Å²) in [7, 11) is 0. The van der Waals surface area contributed by atoms with Crippen LogP contribution in [0, 0.1) is 5.92 Å². The Kier molecular flexibility index (Phi) is 3.41. The van der Waals surface area contributed by atoms with Gasteiger partial charge in [0, 0.05) is 12.1 Å². The zero-order valence-electron chi connectivity index (χ0n) is 9.19. The van der Waals surface area contributed by atoms with Gasteiger partial charge in [0.2, 0.25) is 0 Å². The highest BCUT2D eigenvalue weighted by Crippen LogP contribution is 2.29. The largest absolute Gasteiger partial charge is 0.396 e. The molecule has 2 heterocycles. The van der Waals surface area contributed by atoms with Crippen molar-refractivity contribution < 1.29 is 14.9 Å². The minimum atomic E-state index is -0.476. The maximum atomic E-state index is 11.7. The molecule has 1 fully saturated rings. The monoisotopic (exact) mass is 241 g/mol. The highest BCUT2D eigenvalue weighted by molar-refractivity contribution is 5.23. The van der Waals surface area contributed by atoms with Crippen LogP contribution in [0.25, 0.3) is 0 Å². The lowest BCUT2D eigenvalue weighted by atomic mass is 9.98. The number of nitrogen functional groups attached to an aromatic ring is 1. The molecule has 4 N–H and O–H groups in total. The van der Waals surface area contributed by atoms with Crippen molar-refractivity contribution in [1.82, 2.24) is 9.55 Å². The molecule has 0 spiro atoms. The maximum Gasteiger partial charge on any atom is 0.349 e. The summed E-state index contributed by atoms with van der Waals surface area (Å²) in [6.45, 7) is -0.0758. The maximum absolute atomic E-state index is 11.7. The number of anilines is 1. The lowest BCUT2D eigenvalue weighted by Gasteiger charge is -2.20. The molecule has 1 saturated heterocycles. The summed E-state index contributed by atoms with van der Waals surface area (Å²) in [5, 5.41) is 18.4. The van der Waals surface area contributed by atoms with Crippen LogP contribution in [0.2, 0.25) is 0 Å². The highest BCUT2D eigenvalue weighted by Gasteiger charge is 2.37. The van der Waals surface area contributed by atoms with E-state index in [1.54, 1.807) is 0 Å². The fourth-order valence-electron chi connectivity index (χ4n) is 2.11. The molecule has 1 aliphatic heterocycles. The minimum absolute atomic E-state index is 0.157. The molecule has 2 rings (SSSR count). The fourth-order valence-corrected chi connectivity index (χ4v) is 2.11. The first-order chi connectivity index (χ1) is 8.17. The van der Waals surface area contributed by atoms with Crippen LogP contribution in [-0.2, 0) is 4.74 Å². The second kappa shape index (κ2) is 4.82. The van der Waals surface area contributed by atoms with Crippen LogP contribution in [0.15, 0.2) is 17.1 Å². The van der Waals surface area contributed by atoms with Crippen LogP contribution >= 0.6 is 0 Å². The van der Waals surface area contributed by atoms with Crippen molar-refractivity contribution in [1.29, 1.82) is 0 Å². The SMILES string of the molecule is Nc1ccn(C2CO[C@H](CO)[C@H]2CO)c(=O)n1. The van der Waals surface area contributed by atoms with E-state index in [0.29, 0.717) is 0 Å². The van der Waals surface area contributed by atoms with Gasteiger partial charge in [-0.1, -0.05) is 0 Å². The minimum Gasteiger partial charge on any atom is -0.396 e. The van der Waals surface area contributed by atoms with Gasteiger partial charge in [0.25, 0.3) is 0 Å². The molecule has 3 atom stereocenters. The number of rotatable bonds is 3. The van der Waals surface area contributed by atoms with Gasteiger partial charge < -0.3 is 20.7 Å². The Morgan fingerprint density at radius 1 is 1.53 bits per heavy atom. The number of hydrogen-bond donors (Lipinski definition) is 3. The van der Waals surface area contributed by atoms with Crippen LogP contribution in [0.1, 0.15) is 6.04 Å². The summed E-state index contributed by atoms with van der Waals surface area (Å²) in [6.07, 6.45) is 1.08. The Morgan fingerprint density at radius 2 is 2.29 bits per heavy atom. The van der Waals surface area contributed by atoms with E-state index < -0.39 is 11.8 Å². The lowest BCUT2D eigenvalue weighted by molar-refractivity contribution is 0.0268. The van der Waals surface area contributed by atoms with Crippen LogP contribution < -0.4 is 11.4 Å². The number of nitrogens with zero attached hydrogens (tertiary/aromatic N) is 2. The van der Waals surface area contributed by atoms with Gasteiger partial charge in [-0.15, -0.1) is 0 Å². The van der Waals surface area contributed by atoms with E-state index in [4.69, 9.17) is 15.6 Å². The van der Waals surface area contributed by atoms with E-state index in [0.717, 1.165) is 0 Å². The zero-order chi connectivity index (χ0) is 12.4. The first-order valence-corrected chi connectivity index (χ1v) is 5.35. The van der Waals surface area contributed by atoms with E-state index in [9.17, 15) is 9.90 Å². The third-order valence-electron chi connectivity index (χ3n) is 3.05. The topological polar surface area (TPSA) is 111 Å². The van der Waals surface area contributed by atoms with Crippen LogP contribution in [-0.4, -0.2) is 45.7 Å². The Hall–Kier alpha value is -1.44. The van der Waals surface area contributed by atoms with Gasteiger partial charge in [0.1, 0.15) is 5.82 Å². The molecule has 1 aliphatic rings. The molecule has 0 saturated carbocycles. The quantitative estimate of drug-likeness (QED) is 0.585. The Balaban J connectivity index is 2.31. The van der Waals surface area contributed by atoms with Gasteiger partial charge in [-0.05, 0) is 6.07 Å². The molecular formula is C10H15N3O4. The molecule has 1 aromatic rings. The number of aliphatic hydroxyl groups is 2. The van der Waals surface area contributed by atoms with Gasteiger partial charge in [-0.25, -0.2) is 4.79 Å². The molecule has 17 heavy (non-hydrogen) atoms. The van der Waals surface area contributed by atoms with Gasteiger partial charge >= 0.3 is 5.69 Å². The van der Waals surface area contributed by atoms with Crippen LogP contribution in [0.4, 0.5) is 5.82 Å². The smallest absolute Gasteiger partial charge is 0.349 e. The molecule has 7 nitrogen and oxygen atoms in total. The second-order valence-corrected chi connectivity index (χ2v) is 4.01. The van der Waals surface area contributed by atoms with Crippen molar-refractivity contribution in [3.63, 3.8) is 0 Å². The first-order valence-electron chi connectivity index (χ1n) is 5.35. The number of aliphatic hydroxyl groups excluding tert-OH is 2. The number of aromatic nitrogens is 2. The molecule has 1 unspecified atom stereocenters. The number of nitrogens with two attached hydrogens (primary N) is 1. The van der Waals surface area contributed by atoms with E-state index in [2.05, 4.69) is 4.98 Å². The van der Waals surface area contributed by atoms with Crippen molar-refractivity contribution in [3.05, 3.63) is 22.7 Å². The molecular weight excluding hydrogens is 226 g/mol. The van der Waals surface area contributed by atoms with Crippen molar-refractivity contribution in [3.8, 4) is 0 Å².